The summed E-state index contributed by atoms with van der Waals surface area (Å²) in [5.41, 5.74) is 6.92. The highest BCUT2D eigenvalue weighted by molar-refractivity contribution is 9.10. The molecule has 0 radical (unpaired) electrons. The van der Waals surface area contributed by atoms with Crippen molar-refractivity contribution in [3.63, 3.8) is 0 Å². The number of alkyl halides is 3. The van der Waals surface area contributed by atoms with Crippen LogP contribution in [-0.4, -0.2) is 6.36 Å². The van der Waals surface area contributed by atoms with E-state index in [0.29, 0.717) is 6.42 Å². The van der Waals surface area contributed by atoms with Gasteiger partial charge in [-0.25, -0.2) is 0 Å². The van der Waals surface area contributed by atoms with E-state index < -0.39 is 6.36 Å². The van der Waals surface area contributed by atoms with Crippen LogP contribution in [0.4, 0.5) is 13.2 Å². The minimum Gasteiger partial charge on any atom is -0.406 e. The van der Waals surface area contributed by atoms with Crippen molar-refractivity contribution in [1.82, 2.24) is 0 Å². The first-order chi connectivity index (χ1) is 9.33. The van der Waals surface area contributed by atoms with E-state index in [1.165, 1.54) is 12.1 Å². The molecule has 0 fully saturated rings. The average Bonchev–Trinajstić information content (AvgIpc) is 2.77. The van der Waals surface area contributed by atoms with Gasteiger partial charge in [-0.05, 0) is 46.1 Å². The lowest BCUT2D eigenvalue weighted by atomic mass is 10.1. The number of hydrogen-bond donors (Lipinski definition) is 1. The van der Waals surface area contributed by atoms with E-state index in [2.05, 4.69) is 20.7 Å². The Morgan fingerprint density at radius 3 is 2.40 bits per heavy atom. The first kappa shape index (κ1) is 15.3. The summed E-state index contributed by atoms with van der Waals surface area (Å²) >= 11 is 4.90. The third-order valence-corrected chi connectivity index (χ3v) is 4.39. The highest BCUT2D eigenvalue weighted by atomic mass is 79.9. The molecule has 2 aromatic rings. The van der Waals surface area contributed by atoms with Crippen molar-refractivity contribution in [2.45, 2.75) is 18.8 Å². The number of thiophene rings is 1. The standard InChI is InChI=1S/C13H11BrF3NOS/c14-9-6-12(20-7-9)11(18)5-8-1-3-10(4-2-8)19-13(15,16)17/h1-4,6-7,11H,5,18H2. The van der Waals surface area contributed by atoms with E-state index in [9.17, 15) is 13.2 Å². The van der Waals surface area contributed by atoms with Gasteiger partial charge in [0.1, 0.15) is 5.75 Å². The van der Waals surface area contributed by atoms with Gasteiger partial charge in [0.15, 0.2) is 0 Å². The summed E-state index contributed by atoms with van der Waals surface area (Å²) in [7, 11) is 0. The van der Waals surface area contributed by atoms with Crippen molar-refractivity contribution in [3.05, 3.63) is 50.6 Å². The Hall–Kier alpha value is -1.05. The van der Waals surface area contributed by atoms with Gasteiger partial charge in [0, 0.05) is 20.8 Å². The molecular weight excluding hydrogens is 355 g/mol. The van der Waals surface area contributed by atoms with Gasteiger partial charge >= 0.3 is 6.36 Å². The molecule has 20 heavy (non-hydrogen) atoms. The van der Waals surface area contributed by atoms with Gasteiger partial charge in [0.05, 0.1) is 0 Å². The molecule has 1 heterocycles. The number of benzene rings is 1. The van der Waals surface area contributed by atoms with Crippen molar-refractivity contribution in [3.8, 4) is 5.75 Å². The summed E-state index contributed by atoms with van der Waals surface area (Å²) in [5.74, 6) is -0.228. The van der Waals surface area contributed by atoms with Gasteiger partial charge in [-0.2, -0.15) is 0 Å². The molecule has 0 aliphatic heterocycles. The van der Waals surface area contributed by atoms with Gasteiger partial charge in [0.2, 0.25) is 0 Å². The largest absolute Gasteiger partial charge is 0.573 e. The summed E-state index contributed by atoms with van der Waals surface area (Å²) in [5, 5.41) is 1.94. The molecular formula is C13H11BrF3NOS. The van der Waals surface area contributed by atoms with Crippen LogP contribution in [0.5, 0.6) is 5.75 Å². The molecule has 0 spiro atoms. The van der Waals surface area contributed by atoms with E-state index in [1.54, 1.807) is 23.5 Å². The maximum Gasteiger partial charge on any atom is 0.573 e. The second kappa shape index (κ2) is 6.15. The summed E-state index contributed by atoms with van der Waals surface area (Å²) < 4.78 is 40.9. The van der Waals surface area contributed by atoms with Crippen molar-refractivity contribution in [2.24, 2.45) is 5.73 Å². The van der Waals surface area contributed by atoms with Crippen LogP contribution in [0, 0.1) is 0 Å². The molecule has 7 heteroatoms. The highest BCUT2D eigenvalue weighted by Gasteiger charge is 2.30. The monoisotopic (exact) mass is 365 g/mol. The van der Waals surface area contributed by atoms with Crippen LogP contribution in [0.3, 0.4) is 0 Å². The number of halogens is 4. The zero-order valence-corrected chi connectivity index (χ0v) is 12.6. The van der Waals surface area contributed by atoms with Crippen LogP contribution in [0.2, 0.25) is 0 Å². The number of hydrogen-bond acceptors (Lipinski definition) is 3. The molecule has 2 rings (SSSR count). The Morgan fingerprint density at radius 1 is 1.25 bits per heavy atom. The van der Waals surface area contributed by atoms with E-state index in [1.807, 2.05) is 11.4 Å². The van der Waals surface area contributed by atoms with Gasteiger partial charge in [-0.1, -0.05) is 12.1 Å². The van der Waals surface area contributed by atoms with Gasteiger partial charge in [-0.3, -0.25) is 0 Å². The third-order valence-electron chi connectivity index (χ3n) is 2.57. The molecule has 0 bridgehead atoms. The van der Waals surface area contributed by atoms with Crippen LogP contribution < -0.4 is 10.5 Å². The maximum atomic E-state index is 12.0. The van der Waals surface area contributed by atoms with E-state index >= 15 is 0 Å². The van der Waals surface area contributed by atoms with Crippen molar-refractivity contribution < 1.29 is 17.9 Å². The summed E-state index contributed by atoms with van der Waals surface area (Å²) in [6.07, 6.45) is -4.11. The molecule has 2 nitrogen and oxygen atoms in total. The molecule has 1 atom stereocenters. The predicted octanol–water partition coefficient (Wildman–Crippen LogP) is 4.65. The fraction of sp³-hybridized carbons (Fsp3) is 0.231. The Morgan fingerprint density at radius 2 is 1.90 bits per heavy atom. The molecule has 2 N–H and O–H groups in total. The highest BCUT2D eigenvalue weighted by Crippen LogP contribution is 2.27. The average molecular weight is 366 g/mol. The molecule has 108 valence electrons. The molecule has 0 aliphatic rings. The quantitative estimate of drug-likeness (QED) is 0.855. The number of rotatable bonds is 4. The minimum atomic E-state index is -4.67. The molecule has 0 saturated carbocycles. The van der Waals surface area contributed by atoms with Crippen LogP contribution in [0.15, 0.2) is 40.2 Å². The zero-order valence-electron chi connectivity index (χ0n) is 10.2. The Balaban J connectivity index is 2.00. The predicted molar refractivity (Wildman–Crippen MR) is 75.8 cm³/mol. The Labute approximate surface area is 126 Å². The van der Waals surface area contributed by atoms with Crippen LogP contribution in [0.25, 0.3) is 0 Å². The molecule has 1 aromatic carbocycles. The summed E-state index contributed by atoms with van der Waals surface area (Å²) in [6, 6.07) is 7.52. The number of ether oxygens (including phenoxy) is 1. The normalized spacial score (nSPS) is 13.2. The van der Waals surface area contributed by atoms with E-state index in [4.69, 9.17) is 5.73 Å². The first-order valence-corrected chi connectivity index (χ1v) is 7.35. The molecule has 1 aromatic heterocycles. The summed E-state index contributed by atoms with van der Waals surface area (Å²) in [4.78, 5) is 1.02. The second-order valence-electron chi connectivity index (χ2n) is 4.17. The molecule has 0 aliphatic carbocycles. The zero-order chi connectivity index (χ0) is 14.8. The lowest BCUT2D eigenvalue weighted by Crippen LogP contribution is -2.17. The fourth-order valence-corrected chi connectivity index (χ4v) is 3.15. The van der Waals surface area contributed by atoms with Gasteiger partial charge < -0.3 is 10.5 Å². The SMILES string of the molecule is NC(Cc1ccc(OC(F)(F)F)cc1)c1cc(Br)cs1. The maximum absolute atomic E-state index is 12.0. The number of nitrogens with two attached hydrogens (primary N) is 1. The Kier molecular flexibility index (Phi) is 4.72. The van der Waals surface area contributed by atoms with E-state index in [-0.39, 0.29) is 11.8 Å². The van der Waals surface area contributed by atoms with Crippen molar-refractivity contribution >= 4 is 27.3 Å². The molecule has 0 saturated heterocycles. The van der Waals surface area contributed by atoms with Crippen LogP contribution in [0.1, 0.15) is 16.5 Å². The van der Waals surface area contributed by atoms with E-state index in [0.717, 1.165) is 14.9 Å². The topological polar surface area (TPSA) is 35.2 Å². The lowest BCUT2D eigenvalue weighted by molar-refractivity contribution is -0.274. The first-order valence-electron chi connectivity index (χ1n) is 5.68. The van der Waals surface area contributed by atoms with Crippen molar-refractivity contribution in [1.29, 1.82) is 0 Å². The second-order valence-corrected chi connectivity index (χ2v) is 6.03. The van der Waals surface area contributed by atoms with Gasteiger partial charge in [0.25, 0.3) is 0 Å². The van der Waals surface area contributed by atoms with Crippen molar-refractivity contribution in [2.75, 3.05) is 0 Å². The summed E-state index contributed by atoms with van der Waals surface area (Å²) in [6.45, 7) is 0. The van der Waals surface area contributed by atoms with Crippen LogP contribution in [-0.2, 0) is 6.42 Å². The smallest absolute Gasteiger partial charge is 0.406 e. The molecule has 0 amide bonds. The fourth-order valence-electron chi connectivity index (χ4n) is 1.70. The third kappa shape index (κ3) is 4.50. The molecule has 1 unspecified atom stereocenters. The Bertz CT molecular complexity index is 568. The lowest BCUT2D eigenvalue weighted by Gasteiger charge is -2.11. The van der Waals surface area contributed by atoms with Crippen LogP contribution >= 0.6 is 27.3 Å². The van der Waals surface area contributed by atoms with Gasteiger partial charge in [-0.15, -0.1) is 24.5 Å². The minimum absolute atomic E-state index is 0.180.